The number of nitrogens with zero attached hydrogens (tertiary/aromatic N) is 1. The number of hydrogen-bond acceptors (Lipinski definition) is 7. The van der Waals surface area contributed by atoms with E-state index >= 15 is 0 Å². The number of nitrogens with one attached hydrogen (secondary N) is 2. The lowest BCUT2D eigenvalue weighted by molar-refractivity contribution is -0.143. The van der Waals surface area contributed by atoms with E-state index in [4.69, 9.17) is 21.7 Å². The lowest BCUT2D eigenvalue weighted by Crippen LogP contribution is -2.57. The van der Waals surface area contributed by atoms with Gasteiger partial charge in [-0.1, -0.05) is 0 Å². The smallest absolute Gasteiger partial charge is 0.325 e. The molecule has 8 N–H and O–H groups in total. The maximum atomic E-state index is 12.5. The maximum absolute atomic E-state index is 12.5. The highest BCUT2D eigenvalue weighted by molar-refractivity contribution is 5.96. The Bertz CT molecular complexity index is 611. The van der Waals surface area contributed by atoms with Crippen LogP contribution in [0.15, 0.2) is 0 Å². The molecule has 1 heterocycles. The standard InChI is InChI=1S/C15H25N5O7/c1-7(15(26)27)18-12(23)9(5-11(17)22)19-13(24)10-3-2-4-20(10)14(25)8(16)6-21/h7-10,21H,2-6,16H2,1H3,(H2,17,22)(H,18,23)(H,19,24)(H,26,27). The molecular weight excluding hydrogens is 362 g/mol. The molecule has 4 atom stereocenters. The largest absolute Gasteiger partial charge is 0.480 e. The van der Waals surface area contributed by atoms with Crippen LogP contribution in [0.25, 0.3) is 0 Å². The van der Waals surface area contributed by atoms with E-state index < -0.39 is 66.8 Å². The molecule has 0 spiro atoms. The van der Waals surface area contributed by atoms with Gasteiger partial charge in [-0.2, -0.15) is 0 Å². The molecule has 0 aromatic rings. The van der Waals surface area contributed by atoms with Crippen LogP contribution in [0.2, 0.25) is 0 Å². The van der Waals surface area contributed by atoms with E-state index in [0.717, 1.165) is 0 Å². The van der Waals surface area contributed by atoms with Gasteiger partial charge in [0.15, 0.2) is 0 Å². The van der Waals surface area contributed by atoms with Crippen LogP contribution in [0, 0.1) is 0 Å². The molecule has 1 rings (SSSR count). The number of rotatable bonds is 9. The summed E-state index contributed by atoms with van der Waals surface area (Å²) in [6, 6.07) is -4.72. The SMILES string of the molecule is CC(NC(=O)C(CC(N)=O)NC(=O)C1CCCN1C(=O)C(N)CO)C(=O)O. The summed E-state index contributed by atoms with van der Waals surface area (Å²) in [6.07, 6.45) is 0.289. The Morgan fingerprint density at radius 3 is 2.37 bits per heavy atom. The molecular formula is C15H25N5O7. The molecule has 0 radical (unpaired) electrons. The molecule has 0 bridgehead atoms. The van der Waals surface area contributed by atoms with E-state index in [9.17, 15) is 24.0 Å². The average Bonchev–Trinajstić information content (AvgIpc) is 3.08. The number of amides is 4. The number of carboxylic acid groups (broad SMARTS) is 1. The van der Waals surface area contributed by atoms with E-state index in [1.807, 2.05) is 0 Å². The highest BCUT2D eigenvalue weighted by Gasteiger charge is 2.37. The van der Waals surface area contributed by atoms with Crippen LogP contribution in [0.5, 0.6) is 0 Å². The number of nitrogens with two attached hydrogens (primary N) is 2. The molecule has 1 aliphatic rings. The first-order chi connectivity index (χ1) is 12.6. The summed E-state index contributed by atoms with van der Waals surface area (Å²) in [5.41, 5.74) is 10.6. The first-order valence-electron chi connectivity index (χ1n) is 8.37. The number of aliphatic hydroxyl groups excluding tert-OH is 1. The molecule has 4 unspecified atom stereocenters. The van der Waals surface area contributed by atoms with Crippen molar-refractivity contribution in [1.82, 2.24) is 15.5 Å². The monoisotopic (exact) mass is 387 g/mol. The minimum atomic E-state index is -1.39. The summed E-state index contributed by atoms with van der Waals surface area (Å²) in [4.78, 5) is 60.1. The normalized spacial score (nSPS) is 19.7. The van der Waals surface area contributed by atoms with E-state index in [0.29, 0.717) is 12.8 Å². The van der Waals surface area contributed by atoms with E-state index in [2.05, 4.69) is 10.6 Å². The quantitative estimate of drug-likeness (QED) is 0.231. The molecule has 4 amide bonds. The van der Waals surface area contributed by atoms with E-state index in [1.54, 1.807) is 0 Å². The first kappa shape index (κ1) is 22.3. The van der Waals surface area contributed by atoms with Gasteiger partial charge in [-0.15, -0.1) is 0 Å². The average molecular weight is 387 g/mol. The Morgan fingerprint density at radius 2 is 1.85 bits per heavy atom. The van der Waals surface area contributed by atoms with Gasteiger partial charge in [0.05, 0.1) is 13.0 Å². The van der Waals surface area contributed by atoms with Gasteiger partial charge in [-0.05, 0) is 19.8 Å². The second kappa shape index (κ2) is 9.83. The van der Waals surface area contributed by atoms with Gasteiger partial charge in [-0.3, -0.25) is 24.0 Å². The Hall–Kier alpha value is -2.73. The summed E-state index contributed by atoms with van der Waals surface area (Å²) in [5, 5.41) is 22.3. The van der Waals surface area contributed by atoms with Gasteiger partial charge >= 0.3 is 5.97 Å². The van der Waals surface area contributed by atoms with Crippen LogP contribution in [0.1, 0.15) is 26.2 Å². The molecule has 0 saturated carbocycles. The third kappa shape index (κ3) is 6.18. The van der Waals surface area contributed by atoms with Crippen molar-refractivity contribution in [2.24, 2.45) is 11.5 Å². The predicted octanol–water partition coefficient (Wildman–Crippen LogP) is -3.75. The number of primary amides is 1. The molecule has 0 aromatic carbocycles. The number of aliphatic carboxylic acids is 1. The van der Waals surface area contributed by atoms with Gasteiger partial charge in [0.2, 0.25) is 23.6 Å². The molecule has 1 saturated heterocycles. The van der Waals surface area contributed by atoms with Crippen molar-refractivity contribution in [2.45, 2.75) is 50.4 Å². The minimum Gasteiger partial charge on any atom is -0.480 e. The maximum Gasteiger partial charge on any atom is 0.325 e. The van der Waals surface area contributed by atoms with Crippen molar-refractivity contribution in [3.63, 3.8) is 0 Å². The van der Waals surface area contributed by atoms with Crippen LogP contribution in [0.3, 0.4) is 0 Å². The van der Waals surface area contributed by atoms with Crippen LogP contribution in [-0.2, 0) is 24.0 Å². The molecule has 12 nitrogen and oxygen atoms in total. The topological polar surface area (TPSA) is 205 Å². The molecule has 1 fully saturated rings. The number of likely N-dealkylation sites (tertiary alicyclic amines) is 1. The Balaban J connectivity index is 2.86. The fraction of sp³-hybridized carbons (Fsp3) is 0.667. The first-order valence-corrected chi connectivity index (χ1v) is 8.37. The van der Waals surface area contributed by atoms with Crippen LogP contribution >= 0.6 is 0 Å². The van der Waals surface area contributed by atoms with Crippen LogP contribution < -0.4 is 22.1 Å². The fourth-order valence-corrected chi connectivity index (χ4v) is 2.65. The molecule has 152 valence electrons. The van der Waals surface area contributed by atoms with Crippen LogP contribution in [-0.4, -0.2) is 82.0 Å². The number of carbonyl (C=O) groups excluding carboxylic acids is 4. The second-order valence-electron chi connectivity index (χ2n) is 6.28. The molecule has 0 aliphatic carbocycles. The summed E-state index contributed by atoms with van der Waals surface area (Å²) in [6.45, 7) is 0.897. The van der Waals surface area contributed by atoms with Gasteiger partial charge in [0.1, 0.15) is 24.2 Å². The Morgan fingerprint density at radius 1 is 1.22 bits per heavy atom. The summed E-state index contributed by atoms with van der Waals surface area (Å²) < 4.78 is 0. The second-order valence-corrected chi connectivity index (χ2v) is 6.28. The molecule has 1 aliphatic heterocycles. The van der Waals surface area contributed by atoms with Gasteiger partial charge in [0, 0.05) is 6.54 Å². The number of carbonyl (C=O) groups is 5. The molecule has 0 aromatic heterocycles. The van der Waals surface area contributed by atoms with Crippen molar-refractivity contribution in [3.05, 3.63) is 0 Å². The Kier molecular flexibility index (Phi) is 8.12. The van der Waals surface area contributed by atoms with Gasteiger partial charge in [-0.25, -0.2) is 0 Å². The predicted molar refractivity (Wildman–Crippen MR) is 90.8 cm³/mol. The highest BCUT2D eigenvalue weighted by atomic mass is 16.4. The van der Waals surface area contributed by atoms with Gasteiger partial charge < -0.3 is 37.2 Å². The zero-order valence-corrected chi connectivity index (χ0v) is 14.9. The lowest BCUT2D eigenvalue weighted by Gasteiger charge is -2.27. The zero-order valence-electron chi connectivity index (χ0n) is 14.9. The number of aliphatic hydroxyl groups is 1. The summed E-state index contributed by atoms with van der Waals surface area (Å²) in [7, 11) is 0. The molecule has 12 heteroatoms. The van der Waals surface area contributed by atoms with Gasteiger partial charge in [0.25, 0.3) is 0 Å². The van der Waals surface area contributed by atoms with E-state index in [-0.39, 0.29) is 6.54 Å². The summed E-state index contributed by atoms with van der Waals surface area (Å²) in [5.74, 6) is -4.36. The van der Waals surface area contributed by atoms with Crippen molar-refractivity contribution >= 4 is 29.6 Å². The number of hydrogen-bond donors (Lipinski definition) is 6. The summed E-state index contributed by atoms with van der Waals surface area (Å²) >= 11 is 0. The Labute approximate surface area is 155 Å². The number of carboxylic acids is 1. The minimum absolute atomic E-state index is 0.257. The zero-order chi connectivity index (χ0) is 20.7. The van der Waals surface area contributed by atoms with Crippen molar-refractivity contribution < 1.29 is 34.2 Å². The van der Waals surface area contributed by atoms with Crippen molar-refractivity contribution in [3.8, 4) is 0 Å². The third-order valence-electron chi connectivity index (χ3n) is 4.12. The molecule has 27 heavy (non-hydrogen) atoms. The van der Waals surface area contributed by atoms with E-state index in [1.165, 1.54) is 11.8 Å². The van der Waals surface area contributed by atoms with Crippen LogP contribution in [0.4, 0.5) is 0 Å². The fourth-order valence-electron chi connectivity index (χ4n) is 2.65. The lowest BCUT2D eigenvalue weighted by atomic mass is 10.1. The van der Waals surface area contributed by atoms with Crippen molar-refractivity contribution in [2.75, 3.05) is 13.2 Å². The highest BCUT2D eigenvalue weighted by Crippen LogP contribution is 2.18. The third-order valence-corrected chi connectivity index (χ3v) is 4.12. The van der Waals surface area contributed by atoms with Crippen molar-refractivity contribution in [1.29, 1.82) is 0 Å².